The van der Waals surface area contributed by atoms with Crippen molar-refractivity contribution >= 4 is 23.3 Å². The Morgan fingerprint density at radius 2 is 1.97 bits per heavy atom. The highest BCUT2D eigenvalue weighted by atomic mass is 16.3. The number of hydrogen-bond donors (Lipinski definition) is 1. The van der Waals surface area contributed by atoms with Crippen molar-refractivity contribution < 1.29 is 14.0 Å². The Balaban J connectivity index is 1.53. The third kappa shape index (κ3) is 3.87. The fourth-order valence-corrected chi connectivity index (χ4v) is 3.67. The summed E-state index contributed by atoms with van der Waals surface area (Å²) >= 11 is 0. The maximum atomic E-state index is 13.0. The van der Waals surface area contributed by atoms with E-state index in [1.807, 2.05) is 55.5 Å². The van der Waals surface area contributed by atoms with Crippen molar-refractivity contribution in [3.8, 4) is 0 Å². The molecule has 0 bridgehead atoms. The lowest BCUT2D eigenvalue weighted by molar-refractivity contribution is 0.0774. The lowest BCUT2D eigenvalue weighted by Crippen LogP contribution is -2.33. The van der Waals surface area contributed by atoms with Gasteiger partial charge in [-0.2, -0.15) is 0 Å². The number of furan rings is 1. The highest BCUT2D eigenvalue weighted by molar-refractivity contribution is 6.05. The first kappa shape index (κ1) is 18.8. The van der Waals surface area contributed by atoms with Crippen molar-refractivity contribution in [2.45, 2.75) is 19.9 Å². The van der Waals surface area contributed by atoms with Gasteiger partial charge in [-0.1, -0.05) is 18.2 Å². The lowest BCUT2D eigenvalue weighted by Gasteiger charge is -2.20. The third-order valence-corrected chi connectivity index (χ3v) is 5.09. The summed E-state index contributed by atoms with van der Waals surface area (Å²) in [5, 5.41) is 2.95. The minimum Gasteiger partial charge on any atom is -0.467 e. The van der Waals surface area contributed by atoms with Crippen LogP contribution in [0.25, 0.3) is 0 Å². The number of amides is 3. The number of nitrogens with one attached hydrogen (secondary N) is 1. The van der Waals surface area contributed by atoms with Gasteiger partial charge in [-0.15, -0.1) is 0 Å². The smallest absolute Gasteiger partial charge is 0.326 e. The molecule has 6 heteroatoms. The number of fused-ring (bicyclic) bond motifs is 1. The normalized spacial score (nSPS) is 12.6. The minimum atomic E-state index is -0.192. The van der Waals surface area contributed by atoms with Crippen LogP contribution < -0.4 is 10.2 Å². The number of nitrogens with zero attached hydrogens (tertiary/aromatic N) is 2. The van der Waals surface area contributed by atoms with E-state index in [-0.39, 0.29) is 11.9 Å². The van der Waals surface area contributed by atoms with Gasteiger partial charge < -0.3 is 14.6 Å². The summed E-state index contributed by atoms with van der Waals surface area (Å²) in [4.78, 5) is 29.1. The predicted molar refractivity (Wildman–Crippen MR) is 112 cm³/mol. The molecule has 0 atom stereocenters. The molecular formula is C23H23N3O3. The van der Waals surface area contributed by atoms with Crippen molar-refractivity contribution in [2.75, 3.05) is 23.8 Å². The number of hydrogen-bond acceptors (Lipinski definition) is 3. The van der Waals surface area contributed by atoms with Crippen LogP contribution >= 0.6 is 0 Å². The van der Waals surface area contributed by atoms with Crippen molar-refractivity contribution in [1.82, 2.24) is 4.90 Å². The summed E-state index contributed by atoms with van der Waals surface area (Å²) < 4.78 is 5.34. The Labute approximate surface area is 169 Å². The standard InChI is InChI=1S/C23H23N3O3/c1-16-6-3-7-17(14-16)24-23(28)26-12-11-19-20(9-4-10-21(19)26)22(27)25(2)15-18-8-5-13-29-18/h3-10,13-14H,11-12,15H2,1-2H3,(H,24,28). The first-order valence-corrected chi connectivity index (χ1v) is 9.58. The van der Waals surface area contributed by atoms with E-state index in [1.54, 1.807) is 29.2 Å². The second-order valence-corrected chi connectivity index (χ2v) is 7.25. The van der Waals surface area contributed by atoms with Crippen LogP contribution in [0.4, 0.5) is 16.2 Å². The van der Waals surface area contributed by atoms with E-state index in [4.69, 9.17) is 4.42 Å². The Kier molecular flexibility index (Phi) is 5.08. The fourth-order valence-electron chi connectivity index (χ4n) is 3.67. The van der Waals surface area contributed by atoms with E-state index in [1.165, 1.54) is 0 Å². The van der Waals surface area contributed by atoms with Crippen molar-refractivity contribution in [1.29, 1.82) is 0 Å². The maximum absolute atomic E-state index is 13.0. The van der Waals surface area contributed by atoms with Gasteiger partial charge in [0.25, 0.3) is 5.91 Å². The Morgan fingerprint density at radius 1 is 1.14 bits per heavy atom. The highest BCUT2D eigenvalue weighted by Crippen LogP contribution is 2.32. The third-order valence-electron chi connectivity index (χ3n) is 5.09. The molecule has 3 amide bonds. The van der Waals surface area contributed by atoms with Gasteiger partial charge >= 0.3 is 6.03 Å². The molecule has 1 N–H and O–H groups in total. The molecule has 0 saturated carbocycles. The number of anilines is 2. The number of rotatable bonds is 4. The number of urea groups is 1. The van der Waals surface area contributed by atoms with E-state index >= 15 is 0 Å². The van der Waals surface area contributed by atoms with E-state index in [0.29, 0.717) is 25.1 Å². The SMILES string of the molecule is Cc1cccc(NC(=O)N2CCc3c(C(=O)N(C)Cc4ccco4)cccc32)c1. The monoisotopic (exact) mass is 389 g/mol. The van der Waals surface area contributed by atoms with E-state index in [9.17, 15) is 9.59 Å². The average Bonchev–Trinajstić information content (AvgIpc) is 3.36. The predicted octanol–water partition coefficient (Wildman–Crippen LogP) is 4.45. The molecule has 4 rings (SSSR count). The van der Waals surface area contributed by atoms with Crippen molar-refractivity contribution in [3.05, 3.63) is 83.3 Å². The van der Waals surface area contributed by atoms with Gasteiger partial charge in [0.15, 0.2) is 0 Å². The van der Waals surface area contributed by atoms with Crippen LogP contribution in [-0.2, 0) is 13.0 Å². The zero-order valence-electron chi connectivity index (χ0n) is 16.5. The van der Waals surface area contributed by atoms with Crippen LogP contribution in [0.2, 0.25) is 0 Å². The van der Waals surface area contributed by atoms with E-state index in [0.717, 1.165) is 28.3 Å². The van der Waals surface area contributed by atoms with Gasteiger partial charge in [0.05, 0.1) is 12.8 Å². The number of carbonyl (C=O) groups excluding carboxylic acids is 2. The van der Waals surface area contributed by atoms with Gasteiger partial charge in [-0.3, -0.25) is 9.69 Å². The zero-order chi connectivity index (χ0) is 20.4. The molecule has 0 aliphatic carbocycles. The van der Waals surface area contributed by atoms with Crippen LogP contribution in [0.5, 0.6) is 0 Å². The van der Waals surface area contributed by atoms with Gasteiger partial charge in [-0.05, 0) is 60.9 Å². The van der Waals surface area contributed by atoms with Crippen LogP contribution in [0.15, 0.2) is 65.3 Å². The molecule has 0 saturated heterocycles. The first-order valence-electron chi connectivity index (χ1n) is 9.58. The van der Waals surface area contributed by atoms with Crippen molar-refractivity contribution in [3.63, 3.8) is 0 Å². The quantitative estimate of drug-likeness (QED) is 0.717. The molecule has 0 unspecified atom stereocenters. The van der Waals surface area contributed by atoms with Crippen LogP contribution in [0.3, 0.4) is 0 Å². The summed E-state index contributed by atoms with van der Waals surface area (Å²) in [6.07, 6.45) is 2.24. The van der Waals surface area contributed by atoms with Crippen LogP contribution in [-0.4, -0.2) is 30.4 Å². The molecular weight excluding hydrogens is 366 g/mol. The summed E-state index contributed by atoms with van der Waals surface area (Å²) in [6, 6.07) is 16.7. The molecule has 29 heavy (non-hydrogen) atoms. The molecule has 2 heterocycles. The molecule has 6 nitrogen and oxygen atoms in total. The molecule has 1 aliphatic rings. The highest BCUT2D eigenvalue weighted by Gasteiger charge is 2.29. The average molecular weight is 389 g/mol. The van der Waals surface area contributed by atoms with Gasteiger partial charge in [-0.25, -0.2) is 4.79 Å². The second-order valence-electron chi connectivity index (χ2n) is 7.25. The van der Waals surface area contributed by atoms with Gasteiger partial charge in [0, 0.05) is 30.5 Å². The van der Waals surface area contributed by atoms with Crippen molar-refractivity contribution in [2.24, 2.45) is 0 Å². The molecule has 2 aromatic carbocycles. The maximum Gasteiger partial charge on any atom is 0.326 e. The minimum absolute atomic E-state index is 0.0841. The lowest BCUT2D eigenvalue weighted by atomic mass is 10.0. The first-order chi connectivity index (χ1) is 14.0. The Bertz CT molecular complexity index is 1040. The Morgan fingerprint density at radius 3 is 2.72 bits per heavy atom. The molecule has 0 radical (unpaired) electrons. The topological polar surface area (TPSA) is 65.8 Å². The molecule has 0 fully saturated rings. The molecule has 3 aromatic rings. The molecule has 1 aromatic heterocycles. The summed E-state index contributed by atoms with van der Waals surface area (Å²) in [7, 11) is 1.75. The fraction of sp³-hybridized carbons (Fsp3) is 0.217. The molecule has 148 valence electrons. The molecule has 0 spiro atoms. The number of aryl methyl sites for hydroxylation is 1. The summed E-state index contributed by atoms with van der Waals surface area (Å²) in [5.41, 5.74) is 4.16. The summed E-state index contributed by atoms with van der Waals surface area (Å²) in [5.74, 6) is 0.645. The largest absolute Gasteiger partial charge is 0.467 e. The summed E-state index contributed by atoms with van der Waals surface area (Å²) in [6.45, 7) is 2.92. The van der Waals surface area contributed by atoms with Crippen LogP contribution in [0.1, 0.15) is 27.2 Å². The Hall–Kier alpha value is -3.54. The van der Waals surface area contributed by atoms with Gasteiger partial charge in [0.1, 0.15) is 5.76 Å². The second kappa shape index (κ2) is 7.83. The number of carbonyl (C=O) groups is 2. The number of benzene rings is 2. The van der Waals surface area contributed by atoms with Crippen LogP contribution in [0, 0.1) is 6.92 Å². The zero-order valence-corrected chi connectivity index (χ0v) is 16.5. The van der Waals surface area contributed by atoms with Gasteiger partial charge in [0.2, 0.25) is 0 Å². The van der Waals surface area contributed by atoms with E-state index < -0.39 is 0 Å². The molecule has 1 aliphatic heterocycles. The van der Waals surface area contributed by atoms with E-state index in [2.05, 4.69) is 5.32 Å².